The molecule has 0 aliphatic rings. The van der Waals surface area contributed by atoms with Crippen LogP contribution >= 0.6 is 0 Å². The first-order chi connectivity index (χ1) is 9.99. The van der Waals surface area contributed by atoms with Crippen molar-refractivity contribution < 1.29 is 14.7 Å². The number of nitrogens with two attached hydrogens (primary N) is 1. The number of nitrogen functional groups attached to an aromatic ring is 1. The number of carbonyl (C=O) groups excluding carboxylic acids is 1. The molecule has 4 N–H and O–H groups in total. The molecule has 0 saturated heterocycles. The van der Waals surface area contributed by atoms with Crippen molar-refractivity contribution in [3.63, 3.8) is 0 Å². The van der Waals surface area contributed by atoms with Gasteiger partial charge in [0.15, 0.2) is 0 Å². The van der Waals surface area contributed by atoms with Crippen LogP contribution in [0.4, 0.5) is 11.4 Å². The maximum Gasteiger partial charge on any atom is 0.335 e. The Bertz CT molecular complexity index is 668. The van der Waals surface area contributed by atoms with E-state index in [9.17, 15) is 9.59 Å². The maximum absolute atomic E-state index is 12.2. The summed E-state index contributed by atoms with van der Waals surface area (Å²) in [7, 11) is 0. The molecule has 0 fully saturated rings. The van der Waals surface area contributed by atoms with E-state index in [0.29, 0.717) is 5.69 Å². The van der Waals surface area contributed by atoms with Crippen LogP contribution in [0.5, 0.6) is 0 Å². The summed E-state index contributed by atoms with van der Waals surface area (Å²) in [5.74, 6) is -1.59. The molecular formula is C16H16N2O3. The lowest BCUT2D eigenvalue weighted by Gasteiger charge is -2.14. The molecule has 108 valence electrons. The van der Waals surface area contributed by atoms with Crippen molar-refractivity contribution in [3.8, 4) is 0 Å². The minimum absolute atomic E-state index is 0.0848. The molecule has 5 nitrogen and oxygen atoms in total. The lowest BCUT2D eigenvalue weighted by molar-refractivity contribution is -0.117. The highest BCUT2D eigenvalue weighted by Crippen LogP contribution is 2.23. The van der Waals surface area contributed by atoms with E-state index in [1.165, 1.54) is 18.2 Å². The fraction of sp³-hybridized carbons (Fsp3) is 0.125. The third-order valence-corrected chi connectivity index (χ3v) is 3.25. The fourth-order valence-corrected chi connectivity index (χ4v) is 1.94. The normalized spacial score (nSPS) is 11.7. The van der Waals surface area contributed by atoms with Gasteiger partial charge in [-0.1, -0.05) is 30.3 Å². The number of nitrogens with one attached hydrogen (secondary N) is 1. The molecule has 5 heteroatoms. The number of amides is 1. The average Bonchev–Trinajstić information content (AvgIpc) is 2.49. The summed E-state index contributed by atoms with van der Waals surface area (Å²) in [6.07, 6.45) is 0. The lowest BCUT2D eigenvalue weighted by atomic mass is 10.0. The summed E-state index contributed by atoms with van der Waals surface area (Å²) < 4.78 is 0. The van der Waals surface area contributed by atoms with Crippen molar-refractivity contribution in [2.75, 3.05) is 11.1 Å². The second kappa shape index (κ2) is 6.09. The van der Waals surface area contributed by atoms with E-state index in [1.807, 2.05) is 30.3 Å². The van der Waals surface area contributed by atoms with Crippen LogP contribution in [0, 0.1) is 0 Å². The third-order valence-electron chi connectivity index (χ3n) is 3.25. The molecule has 2 aromatic rings. The molecule has 0 aliphatic heterocycles. The Morgan fingerprint density at radius 3 is 2.38 bits per heavy atom. The van der Waals surface area contributed by atoms with Crippen molar-refractivity contribution in [1.82, 2.24) is 0 Å². The number of benzene rings is 2. The van der Waals surface area contributed by atoms with Gasteiger partial charge in [0, 0.05) is 0 Å². The van der Waals surface area contributed by atoms with E-state index in [-0.39, 0.29) is 23.1 Å². The van der Waals surface area contributed by atoms with Crippen LogP contribution in [0.3, 0.4) is 0 Å². The Labute approximate surface area is 122 Å². The molecule has 0 spiro atoms. The second-order valence-corrected chi connectivity index (χ2v) is 4.73. The number of carboxylic acids is 1. The number of anilines is 2. The predicted octanol–water partition coefficient (Wildman–Crippen LogP) is 2.71. The molecule has 21 heavy (non-hydrogen) atoms. The largest absolute Gasteiger partial charge is 0.478 e. The zero-order valence-corrected chi connectivity index (χ0v) is 11.5. The minimum Gasteiger partial charge on any atom is -0.478 e. The van der Waals surface area contributed by atoms with Crippen molar-refractivity contribution in [2.45, 2.75) is 12.8 Å². The van der Waals surface area contributed by atoms with Crippen molar-refractivity contribution in [1.29, 1.82) is 0 Å². The molecule has 0 aliphatic carbocycles. The summed E-state index contributed by atoms with van der Waals surface area (Å²) >= 11 is 0. The molecule has 0 aromatic heterocycles. The monoisotopic (exact) mass is 284 g/mol. The molecule has 1 amide bonds. The highest BCUT2D eigenvalue weighted by Gasteiger charge is 2.16. The van der Waals surface area contributed by atoms with Crippen LogP contribution in [-0.4, -0.2) is 17.0 Å². The van der Waals surface area contributed by atoms with Gasteiger partial charge in [-0.3, -0.25) is 4.79 Å². The summed E-state index contributed by atoms with van der Waals surface area (Å²) in [6.45, 7) is 1.80. The standard InChI is InChI=1S/C16H16N2O3/c1-10(11-5-3-2-4-6-11)15(19)18-14-8-7-12(16(20)21)9-13(14)17/h2-10H,17H2,1H3,(H,18,19)(H,20,21). The zero-order chi connectivity index (χ0) is 15.4. The third kappa shape index (κ3) is 3.39. The zero-order valence-electron chi connectivity index (χ0n) is 11.5. The molecule has 0 heterocycles. The summed E-state index contributed by atoms with van der Waals surface area (Å²) in [6, 6.07) is 13.6. The Hall–Kier alpha value is -2.82. The number of carbonyl (C=O) groups is 2. The van der Waals surface area contributed by atoms with Gasteiger partial charge in [-0.15, -0.1) is 0 Å². The number of carboxylic acid groups (broad SMARTS) is 1. The number of hydrogen-bond donors (Lipinski definition) is 3. The molecule has 0 bridgehead atoms. The van der Waals surface area contributed by atoms with Gasteiger partial charge >= 0.3 is 5.97 Å². The first kappa shape index (κ1) is 14.6. The molecule has 1 unspecified atom stereocenters. The van der Waals surface area contributed by atoms with Gasteiger partial charge in [-0.05, 0) is 30.7 Å². The van der Waals surface area contributed by atoms with Gasteiger partial charge in [-0.2, -0.15) is 0 Å². The smallest absolute Gasteiger partial charge is 0.335 e. The van der Waals surface area contributed by atoms with E-state index >= 15 is 0 Å². The van der Waals surface area contributed by atoms with E-state index in [4.69, 9.17) is 10.8 Å². The predicted molar refractivity (Wildman–Crippen MR) is 81.3 cm³/mol. The first-order valence-corrected chi connectivity index (χ1v) is 6.47. The Morgan fingerprint density at radius 1 is 1.14 bits per heavy atom. The SMILES string of the molecule is CC(C(=O)Nc1ccc(C(=O)O)cc1N)c1ccccc1. The average molecular weight is 284 g/mol. The van der Waals surface area contributed by atoms with Crippen LogP contribution in [0.25, 0.3) is 0 Å². The second-order valence-electron chi connectivity index (χ2n) is 4.73. The van der Waals surface area contributed by atoms with Gasteiger partial charge in [-0.25, -0.2) is 4.79 Å². The summed E-state index contributed by atoms with van der Waals surface area (Å²) in [5, 5.41) is 11.6. The van der Waals surface area contributed by atoms with Gasteiger partial charge in [0.1, 0.15) is 0 Å². The Balaban J connectivity index is 2.15. The molecule has 0 saturated carbocycles. The van der Waals surface area contributed by atoms with E-state index < -0.39 is 5.97 Å². The Morgan fingerprint density at radius 2 is 1.81 bits per heavy atom. The molecule has 1 atom stereocenters. The van der Waals surface area contributed by atoms with Gasteiger partial charge in [0.2, 0.25) is 5.91 Å². The number of hydrogen-bond acceptors (Lipinski definition) is 3. The summed E-state index contributed by atoms with van der Waals surface area (Å²) in [4.78, 5) is 23.0. The van der Waals surface area contributed by atoms with Crippen molar-refractivity contribution in [2.24, 2.45) is 0 Å². The quantitative estimate of drug-likeness (QED) is 0.753. The van der Waals surface area contributed by atoms with Crippen LogP contribution in [-0.2, 0) is 4.79 Å². The molecule has 2 aromatic carbocycles. The van der Waals surface area contributed by atoms with Crippen molar-refractivity contribution >= 4 is 23.3 Å². The molecule has 0 radical (unpaired) electrons. The highest BCUT2D eigenvalue weighted by molar-refractivity contribution is 5.99. The van der Waals surface area contributed by atoms with Crippen LogP contribution < -0.4 is 11.1 Å². The van der Waals surface area contributed by atoms with E-state index in [0.717, 1.165) is 5.56 Å². The Kier molecular flexibility index (Phi) is 4.23. The maximum atomic E-state index is 12.2. The van der Waals surface area contributed by atoms with E-state index in [1.54, 1.807) is 6.92 Å². The lowest BCUT2D eigenvalue weighted by Crippen LogP contribution is -2.19. The molecule has 2 rings (SSSR count). The van der Waals surface area contributed by atoms with Crippen LogP contribution in [0.15, 0.2) is 48.5 Å². The van der Waals surface area contributed by atoms with Gasteiger partial charge in [0.25, 0.3) is 0 Å². The van der Waals surface area contributed by atoms with Crippen molar-refractivity contribution in [3.05, 3.63) is 59.7 Å². The minimum atomic E-state index is -1.06. The van der Waals surface area contributed by atoms with Crippen LogP contribution in [0.1, 0.15) is 28.8 Å². The number of rotatable bonds is 4. The van der Waals surface area contributed by atoms with Gasteiger partial charge in [0.05, 0.1) is 22.9 Å². The highest BCUT2D eigenvalue weighted by atomic mass is 16.4. The fourth-order valence-electron chi connectivity index (χ4n) is 1.94. The first-order valence-electron chi connectivity index (χ1n) is 6.47. The number of aromatic carboxylic acids is 1. The topological polar surface area (TPSA) is 92.4 Å². The molecular weight excluding hydrogens is 268 g/mol. The van der Waals surface area contributed by atoms with Crippen LogP contribution in [0.2, 0.25) is 0 Å². The van der Waals surface area contributed by atoms with Gasteiger partial charge < -0.3 is 16.2 Å². The van der Waals surface area contributed by atoms with E-state index in [2.05, 4.69) is 5.32 Å². The summed E-state index contributed by atoms with van der Waals surface area (Å²) in [5.41, 5.74) is 7.39.